The van der Waals surface area contributed by atoms with Crippen molar-refractivity contribution in [3.05, 3.63) is 15.1 Å². The predicted octanol–water partition coefficient (Wildman–Crippen LogP) is 4.20. The number of aromatic nitrogens is 2. The first-order valence-corrected chi connectivity index (χ1v) is 9.17. The minimum absolute atomic E-state index is 0.257. The molecule has 116 valence electrons. The van der Waals surface area contributed by atoms with E-state index in [0.717, 1.165) is 31.1 Å². The molecule has 1 heterocycles. The van der Waals surface area contributed by atoms with Gasteiger partial charge in [-0.2, -0.15) is 0 Å². The van der Waals surface area contributed by atoms with Crippen molar-refractivity contribution < 1.29 is 4.74 Å². The fourth-order valence-electron chi connectivity index (χ4n) is 3.29. The van der Waals surface area contributed by atoms with Gasteiger partial charge in [-0.05, 0) is 55.2 Å². The Kier molecular flexibility index (Phi) is 4.69. The van der Waals surface area contributed by atoms with Crippen molar-refractivity contribution in [2.45, 2.75) is 63.4 Å². The number of anilines is 1. The number of nitrogens with zero attached hydrogens (tertiary/aromatic N) is 2. The highest BCUT2D eigenvalue weighted by atomic mass is 127. The maximum atomic E-state index is 6.20. The number of rotatable bonds is 5. The summed E-state index contributed by atoms with van der Waals surface area (Å²) in [4.78, 5) is 9.80. The summed E-state index contributed by atoms with van der Waals surface area (Å²) in [6.45, 7) is 2.80. The molecule has 3 rings (SSSR count). The highest BCUT2D eigenvalue weighted by Gasteiger charge is 2.39. The first-order valence-electron chi connectivity index (χ1n) is 8.10. The molecule has 2 saturated carbocycles. The largest absolute Gasteiger partial charge is 0.372 e. The van der Waals surface area contributed by atoms with Gasteiger partial charge in [-0.15, -0.1) is 0 Å². The third-order valence-corrected chi connectivity index (χ3v) is 5.63. The van der Waals surface area contributed by atoms with Crippen molar-refractivity contribution in [3.63, 3.8) is 0 Å². The molecule has 21 heavy (non-hydrogen) atoms. The van der Waals surface area contributed by atoms with Crippen LogP contribution in [0.5, 0.6) is 0 Å². The molecule has 2 aliphatic rings. The molecule has 0 atom stereocenters. The normalized spacial score (nSPS) is 21.3. The first kappa shape index (κ1) is 15.5. The maximum Gasteiger partial charge on any atom is 0.162 e. The number of hydrogen-bond acceptors (Lipinski definition) is 4. The third-order valence-electron chi connectivity index (χ3n) is 4.57. The number of halogens is 1. The molecule has 0 aromatic carbocycles. The van der Waals surface area contributed by atoms with Gasteiger partial charge in [0.25, 0.3) is 0 Å². The maximum absolute atomic E-state index is 6.20. The van der Waals surface area contributed by atoms with E-state index in [0.29, 0.717) is 5.92 Å². The lowest BCUT2D eigenvalue weighted by atomic mass is 9.83. The van der Waals surface area contributed by atoms with E-state index >= 15 is 0 Å². The highest BCUT2D eigenvalue weighted by Crippen LogP contribution is 2.45. The van der Waals surface area contributed by atoms with Crippen molar-refractivity contribution >= 4 is 28.4 Å². The molecule has 4 nitrogen and oxygen atoms in total. The van der Waals surface area contributed by atoms with Crippen LogP contribution >= 0.6 is 22.6 Å². The second kappa shape index (κ2) is 6.36. The van der Waals surface area contributed by atoms with Gasteiger partial charge in [0.1, 0.15) is 11.4 Å². The Labute approximate surface area is 140 Å². The lowest BCUT2D eigenvalue weighted by Gasteiger charge is -2.36. The molecule has 0 radical (unpaired) electrons. The predicted molar refractivity (Wildman–Crippen MR) is 92.7 cm³/mol. The van der Waals surface area contributed by atoms with Crippen LogP contribution in [0.1, 0.15) is 69.3 Å². The van der Waals surface area contributed by atoms with Gasteiger partial charge in [-0.3, -0.25) is 0 Å². The van der Waals surface area contributed by atoms with Crippen LogP contribution in [-0.2, 0) is 10.3 Å². The monoisotopic (exact) mass is 401 g/mol. The lowest BCUT2D eigenvalue weighted by molar-refractivity contribution is -0.0767. The molecular weight excluding hydrogens is 377 g/mol. The summed E-state index contributed by atoms with van der Waals surface area (Å²) in [5.41, 5.74) is 0.974. The SMILES string of the molecule is CCOC1(c2nc(NC)c(I)c(C3CC3)n2)CCCCC1. The molecule has 1 aromatic heterocycles. The summed E-state index contributed by atoms with van der Waals surface area (Å²) in [6, 6.07) is 0. The van der Waals surface area contributed by atoms with E-state index in [4.69, 9.17) is 14.7 Å². The molecule has 1 aromatic rings. The second-order valence-corrected chi connectivity index (χ2v) is 7.19. The van der Waals surface area contributed by atoms with Crippen molar-refractivity contribution in [2.75, 3.05) is 19.0 Å². The number of nitrogens with one attached hydrogen (secondary N) is 1. The van der Waals surface area contributed by atoms with Gasteiger partial charge in [0.2, 0.25) is 0 Å². The zero-order valence-electron chi connectivity index (χ0n) is 12.9. The Hall–Kier alpha value is -0.430. The van der Waals surface area contributed by atoms with Gasteiger partial charge < -0.3 is 10.1 Å². The highest BCUT2D eigenvalue weighted by molar-refractivity contribution is 14.1. The minimum atomic E-state index is -0.257. The van der Waals surface area contributed by atoms with Crippen LogP contribution in [0.25, 0.3) is 0 Å². The Morgan fingerprint density at radius 1 is 1.24 bits per heavy atom. The molecule has 0 amide bonds. The Morgan fingerprint density at radius 2 is 1.95 bits per heavy atom. The van der Waals surface area contributed by atoms with Crippen LogP contribution in [0.15, 0.2) is 0 Å². The summed E-state index contributed by atoms with van der Waals surface area (Å²) in [5, 5.41) is 3.24. The van der Waals surface area contributed by atoms with Gasteiger partial charge in [-0.25, -0.2) is 9.97 Å². The molecular formula is C16H24IN3O. The minimum Gasteiger partial charge on any atom is -0.372 e. The van der Waals surface area contributed by atoms with Gasteiger partial charge in [-0.1, -0.05) is 19.3 Å². The molecule has 0 bridgehead atoms. The average Bonchev–Trinajstić information content (AvgIpc) is 3.33. The van der Waals surface area contributed by atoms with E-state index in [1.165, 1.54) is 41.4 Å². The van der Waals surface area contributed by atoms with Gasteiger partial charge in [0.05, 0.1) is 9.26 Å². The van der Waals surface area contributed by atoms with Crippen LogP contribution in [0, 0.1) is 3.57 Å². The molecule has 0 aliphatic heterocycles. The van der Waals surface area contributed by atoms with Crippen LogP contribution in [0.2, 0.25) is 0 Å². The standard InChI is InChI=1S/C16H24IN3O/c1-3-21-16(9-5-4-6-10-16)15-19-13(11-7-8-11)12(17)14(18-2)20-15/h11H,3-10H2,1-2H3,(H,18,19,20). The zero-order valence-corrected chi connectivity index (χ0v) is 15.1. The van der Waals surface area contributed by atoms with Crippen molar-refractivity contribution in [1.29, 1.82) is 0 Å². The molecule has 1 N–H and O–H groups in total. The Balaban J connectivity index is 2.04. The van der Waals surface area contributed by atoms with Crippen LogP contribution in [-0.4, -0.2) is 23.6 Å². The Morgan fingerprint density at radius 3 is 2.52 bits per heavy atom. The van der Waals surface area contributed by atoms with Gasteiger partial charge >= 0.3 is 0 Å². The quantitative estimate of drug-likeness (QED) is 0.752. The molecule has 5 heteroatoms. The number of hydrogen-bond donors (Lipinski definition) is 1. The lowest BCUT2D eigenvalue weighted by Crippen LogP contribution is -2.35. The van der Waals surface area contributed by atoms with Gasteiger partial charge in [0, 0.05) is 19.6 Å². The fourth-order valence-corrected chi connectivity index (χ4v) is 4.24. The van der Waals surface area contributed by atoms with E-state index in [9.17, 15) is 0 Å². The van der Waals surface area contributed by atoms with Crippen LogP contribution < -0.4 is 5.32 Å². The summed E-state index contributed by atoms with van der Waals surface area (Å²) >= 11 is 2.38. The van der Waals surface area contributed by atoms with Gasteiger partial charge in [0.15, 0.2) is 5.82 Å². The summed E-state index contributed by atoms with van der Waals surface area (Å²) in [5.74, 6) is 2.51. The number of ether oxygens (including phenoxy) is 1. The summed E-state index contributed by atoms with van der Waals surface area (Å²) in [7, 11) is 1.94. The molecule has 0 unspecified atom stereocenters. The average molecular weight is 401 g/mol. The molecule has 2 fully saturated rings. The second-order valence-electron chi connectivity index (χ2n) is 6.11. The van der Waals surface area contributed by atoms with Crippen LogP contribution in [0.4, 0.5) is 5.82 Å². The van der Waals surface area contributed by atoms with Crippen molar-refractivity contribution in [1.82, 2.24) is 9.97 Å². The summed E-state index contributed by atoms with van der Waals surface area (Å²) in [6.07, 6.45) is 8.34. The summed E-state index contributed by atoms with van der Waals surface area (Å²) < 4.78 is 7.38. The molecule has 0 spiro atoms. The molecule has 0 saturated heterocycles. The van der Waals surface area contributed by atoms with E-state index in [2.05, 4.69) is 34.8 Å². The van der Waals surface area contributed by atoms with Crippen molar-refractivity contribution in [3.8, 4) is 0 Å². The zero-order chi connectivity index (χ0) is 14.9. The van der Waals surface area contributed by atoms with Crippen LogP contribution in [0.3, 0.4) is 0 Å². The first-order chi connectivity index (χ1) is 10.2. The third kappa shape index (κ3) is 3.04. The van der Waals surface area contributed by atoms with E-state index in [-0.39, 0.29) is 5.60 Å². The topological polar surface area (TPSA) is 47.0 Å². The Bertz CT molecular complexity index is 505. The van der Waals surface area contributed by atoms with E-state index in [1.54, 1.807) is 0 Å². The molecule has 2 aliphatic carbocycles. The smallest absolute Gasteiger partial charge is 0.162 e. The fraction of sp³-hybridized carbons (Fsp3) is 0.750. The van der Waals surface area contributed by atoms with Crippen molar-refractivity contribution in [2.24, 2.45) is 0 Å². The van der Waals surface area contributed by atoms with E-state index in [1.807, 2.05) is 7.05 Å². The van der Waals surface area contributed by atoms with E-state index < -0.39 is 0 Å².